The number of hydrogen-bond donors (Lipinski definition) is 0. The summed E-state index contributed by atoms with van der Waals surface area (Å²) in [4.78, 5) is 19.8. The van der Waals surface area contributed by atoms with Crippen LogP contribution in [0.5, 0.6) is 5.75 Å². The highest BCUT2D eigenvalue weighted by atomic mass is 16.5. The molecule has 30 heavy (non-hydrogen) atoms. The molecule has 1 saturated carbocycles. The number of amides is 1. The Hall–Kier alpha value is -2.41. The molecule has 1 aliphatic heterocycles. The van der Waals surface area contributed by atoms with Crippen molar-refractivity contribution in [3.05, 3.63) is 41.5 Å². The Kier molecular flexibility index (Phi) is 5.82. The Morgan fingerprint density at radius 2 is 1.87 bits per heavy atom. The summed E-state index contributed by atoms with van der Waals surface area (Å²) >= 11 is 0. The first-order chi connectivity index (χ1) is 14.4. The molecule has 1 amide bonds. The van der Waals surface area contributed by atoms with Crippen LogP contribution in [0.4, 0.5) is 0 Å². The minimum atomic E-state index is -0.354. The lowest BCUT2D eigenvalue weighted by Gasteiger charge is -2.41. The largest absolute Gasteiger partial charge is 0.497 e. The van der Waals surface area contributed by atoms with E-state index in [1.165, 1.54) is 0 Å². The minimum Gasteiger partial charge on any atom is -0.497 e. The van der Waals surface area contributed by atoms with Crippen molar-refractivity contribution in [2.45, 2.75) is 71.2 Å². The number of hydrogen-bond acceptors (Lipinski definition) is 5. The Morgan fingerprint density at radius 1 is 1.17 bits per heavy atom. The summed E-state index contributed by atoms with van der Waals surface area (Å²) in [5.41, 5.74) is 1.03. The highest BCUT2D eigenvalue weighted by molar-refractivity contribution is 5.79. The minimum absolute atomic E-state index is 0.0487. The summed E-state index contributed by atoms with van der Waals surface area (Å²) in [6, 6.07) is 8.14. The Labute approximate surface area is 178 Å². The molecule has 1 aromatic carbocycles. The Bertz CT molecular complexity index is 886. The maximum atomic E-state index is 12.9. The molecule has 1 saturated heterocycles. The fourth-order valence-corrected chi connectivity index (χ4v) is 4.17. The van der Waals surface area contributed by atoms with Crippen LogP contribution in [0.3, 0.4) is 0 Å². The lowest BCUT2D eigenvalue weighted by atomic mass is 9.96. The average Bonchev–Trinajstić information content (AvgIpc) is 3.47. The number of aromatic nitrogens is 3. The first-order valence-corrected chi connectivity index (χ1v) is 10.9. The summed E-state index contributed by atoms with van der Waals surface area (Å²) in [6.45, 7) is 8.62. The fraction of sp³-hybridized carbons (Fsp3) is 0.609. The molecule has 2 fully saturated rings. The van der Waals surface area contributed by atoms with Crippen LogP contribution in [-0.4, -0.2) is 45.3 Å². The molecule has 0 N–H and O–H groups in total. The van der Waals surface area contributed by atoms with Crippen LogP contribution in [0.15, 0.2) is 24.3 Å². The van der Waals surface area contributed by atoms with Crippen molar-refractivity contribution < 1.29 is 14.3 Å². The first-order valence-electron chi connectivity index (χ1n) is 10.9. The van der Waals surface area contributed by atoms with Crippen molar-refractivity contribution in [3.63, 3.8) is 0 Å². The maximum Gasteiger partial charge on any atom is 0.249 e. The van der Waals surface area contributed by atoms with Crippen LogP contribution >= 0.6 is 0 Å². The lowest BCUT2D eigenvalue weighted by Crippen LogP contribution is -2.47. The van der Waals surface area contributed by atoms with Gasteiger partial charge < -0.3 is 14.4 Å². The van der Waals surface area contributed by atoms with Gasteiger partial charge in [-0.25, -0.2) is 9.67 Å². The smallest absolute Gasteiger partial charge is 0.249 e. The molecule has 7 heteroatoms. The number of nitrogens with zero attached hydrogens (tertiary/aromatic N) is 4. The predicted octanol–water partition coefficient (Wildman–Crippen LogP) is 3.87. The van der Waals surface area contributed by atoms with Crippen molar-refractivity contribution in [1.29, 1.82) is 0 Å². The topological polar surface area (TPSA) is 69.5 Å². The van der Waals surface area contributed by atoms with Crippen LogP contribution < -0.4 is 4.74 Å². The second-order valence-corrected chi connectivity index (χ2v) is 9.00. The normalized spacial score (nSPS) is 22.2. The van der Waals surface area contributed by atoms with Gasteiger partial charge in [0.25, 0.3) is 0 Å². The van der Waals surface area contributed by atoms with E-state index in [0.29, 0.717) is 5.92 Å². The molecule has 2 aliphatic rings. The molecule has 7 nitrogen and oxygen atoms in total. The van der Waals surface area contributed by atoms with E-state index < -0.39 is 0 Å². The number of carbonyl (C=O) groups excluding carboxylic acids is 1. The van der Waals surface area contributed by atoms with Gasteiger partial charge in [0, 0.05) is 18.5 Å². The van der Waals surface area contributed by atoms with E-state index in [1.54, 1.807) is 7.11 Å². The number of ether oxygens (including phenoxy) is 2. The number of methoxy groups -OCH3 is 1. The van der Waals surface area contributed by atoms with E-state index in [0.717, 1.165) is 42.2 Å². The van der Waals surface area contributed by atoms with Crippen LogP contribution in [0.25, 0.3) is 0 Å². The van der Waals surface area contributed by atoms with Gasteiger partial charge in [-0.2, -0.15) is 5.10 Å². The molecule has 1 aliphatic carbocycles. The van der Waals surface area contributed by atoms with Crippen LogP contribution in [-0.2, 0) is 16.0 Å². The third-order valence-electron chi connectivity index (χ3n) is 5.69. The predicted molar refractivity (Wildman–Crippen MR) is 113 cm³/mol. The van der Waals surface area contributed by atoms with Gasteiger partial charge in [0.2, 0.25) is 5.91 Å². The van der Waals surface area contributed by atoms with Gasteiger partial charge in [-0.3, -0.25) is 4.79 Å². The third-order valence-corrected chi connectivity index (χ3v) is 5.69. The van der Waals surface area contributed by atoms with Crippen LogP contribution in [0.1, 0.15) is 75.9 Å². The number of benzene rings is 1. The van der Waals surface area contributed by atoms with Crippen LogP contribution in [0.2, 0.25) is 0 Å². The molecule has 2 aromatic rings. The van der Waals surface area contributed by atoms with E-state index in [2.05, 4.69) is 27.7 Å². The summed E-state index contributed by atoms with van der Waals surface area (Å²) < 4.78 is 13.5. The zero-order valence-electron chi connectivity index (χ0n) is 18.5. The van der Waals surface area contributed by atoms with Gasteiger partial charge in [0.15, 0.2) is 11.6 Å². The molecule has 0 radical (unpaired) electrons. The van der Waals surface area contributed by atoms with Gasteiger partial charge in [-0.15, -0.1) is 0 Å². The van der Waals surface area contributed by atoms with E-state index >= 15 is 0 Å². The summed E-state index contributed by atoms with van der Waals surface area (Å²) in [7, 11) is 1.66. The van der Waals surface area contributed by atoms with Crippen molar-refractivity contribution in [3.8, 4) is 5.75 Å². The van der Waals surface area contributed by atoms with E-state index in [-0.39, 0.29) is 36.7 Å². The summed E-state index contributed by atoms with van der Waals surface area (Å²) in [5.74, 6) is 2.95. The highest BCUT2D eigenvalue weighted by Gasteiger charge is 2.47. The number of rotatable bonds is 7. The van der Waals surface area contributed by atoms with Gasteiger partial charge >= 0.3 is 0 Å². The number of morpholine rings is 1. The molecule has 162 valence electrons. The summed E-state index contributed by atoms with van der Waals surface area (Å²) in [6.07, 6.45) is 2.55. The Balaban J connectivity index is 1.78. The third kappa shape index (κ3) is 4.08. The highest BCUT2D eigenvalue weighted by Crippen LogP contribution is 2.45. The molecule has 0 unspecified atom stereocenters. The number of carbonyl (C=O) groups is 1. The molecule has 0 bridgehead atoms. The van der Waals surface area contributed by atoms with Crippen molar-refractivity contribution in [1.82, 2.24) is 19.7 Å². The standard InChI is InChI=1S/C23H32N4O3/c1-14(2)12-19-24-23(27(25-19)15(3)4)22-21(16-6-10-18(29-5)11-7-16)26(17-8-9-17)20(28)13-30-22/h6-7,10-11,14-15,17,21-22H,8-9,12-13H2,1-5H3/t21-,22+/m1/s1. The van der Waals surface area contributed by atoms with E-state index in [9.17, 15) is 4.79 Å². The molecule has 1 aromatic heterocycles. The molecule has 2 heterocycles. The monoisotopic (exact) mass is 412 g/mol. The lowest BCUT2D eigenvalue weighted by molar-refractivity contribution is -0.160. The van der Waals surface area contributed by atoms with E-state index in [4.69, 9.17) is 19.6 Å². The molecular formula is C23H32N4O3. The Morgan fingerprint density at radius 3 is 2.43 bits per heavy atom. The molecule has 0 spiro atoms. The maximum absolute atomic E-state index is 12.9. The van der Waals surface area contributed by atoms with Gasteiger partial charge in [-0.1, -0.05) is 26.0 Å². The second-order valence-electron chi connectivity index (χ2n) is 9.00. The zero-order valence-corrected chi connectivity index (χ0v) is 18.5. The van der Waals surface area contributed by atoms with Crippen molar-refractivity contribution >= 4 is 5.91 Å². The van der Waals surface area contributed by atoms with Crippen LogP contribution in [0, 0.1) is 5.92 Å². The fourth-order valence-electron chi connectivity index (χ4n) is 4.17. The summed E-state index contributed by atoms with van der Waals surface area (Å²) in [5, 5.41) is 4.79. The van der Waals surface area contributed by atoms with Crippen molar-refractivity contribution in [2.75, 3.05) is 13.7 Å². The second kappa shape index (κ2) is 8.38. The zero-order chi connectivity index (χ0) is 21.4. The molecule has 2 atom stereocenters. The quantitative estimate of drug-likeness (QED) is 0.690. The molecular weight excluding hydrogens is 380 g/mol. The SMILES string of the molecule is COc1ccc([C@@H]2[C@@H](c3nc(CC(C)C)nn3C(C)C)OCC(=O)N2C2CC2)cc1. The van der Waals surface area contributed by atoms with Gasteiger partial charge in [-0.05, 0) is 50.3 Å². The average molecular weight is 413 g/mol. The van der Waals surface area contributed by atoms with Crippen molar-refractivity contribution in [2.24, 2.45) is 5.92 Å². The van der Waals surface area contributed by atoms with Gasteiger partial charge in [0.05, 0.1) is 13.2 Å². The molecule has 4 rings (SSSR count). The van der Waals surface area contributed by atoms with E-state index in [1.807, 2.05) is 33.8 Å². The van der Waals surface area contributed by atoms with Gasteiger partial charge in [0.1, 0.15) is 18.5 Å². The first kappa shape index (κ1) is 20.8.